The SMILES string of the molecule is CCC(=O)c1cnc2c(OCC(C)=S)cccc2c1Cl. The van der Waals surface area contributed by atoms with Crippen LogP contribution in [0.15, 0.2) is 24.4 Å². The van der Waals surface area contributed by atoms with Gasteiger partial charge in [0.05, 0.1) is 10.6 Å². The van der Waals surface area contributed by atoms with Gasteiger partial charge < -0.3 is 4.74 Å². The zero-order valence-corrected chi connectivity index (χ0v) is 12.8. The quantitative estimate of drug-likeness (QED) is 0.611. The van der Waals surface area contributed by atoms with Gasteiger partial charge in [-0.15, -0.1) is 0 Å². The zero-order chi connectivity index (χ0) is 14.7. The van der Waals surface area contributed by atoms with Crippen molar-refractivity contribution in [1.29, 1.82) is 0 Å². The predicted molar refractivity (Wildman–Crippen MR) is 85.1 cm³/mol. The number of thiocarbonyl (C=S) groups is 1. The van der Waals surface area contributed by atoms with Gasteiger partial charge in [-0.1, -0.05) is 42.9 Å². The molecule has 0 radical (unpaired) electrons. The normalized spacial score (nSPS) is 10.6. The van der Waals surface area contributed by atoms with Gasteiger partial charge in [0.25, 0.3) is 0 Å². The van der Waals surface area contributed by atoms with Crippen molar-refractivity contribution in [3.8, 4) is 5.75 Å². The first-order valence-corrected chi connectivity index (χ1v) is 7.05. The van der Waals surface area contributed by atoms with E-state index < -0.39 is 0 Å². The van der Waals surface area contributed by atoms with Crippen molar-refractivity contribution < 1.29 is 9.53 Å². The Balaban J connectivity index is 2.52. The molecule has 0 aliphatic carbocycles. The molecular weight excluding hydrogens is 294 g/mol. The average Bonchev–Trinajstić information content (AvgIpc) is 2.44. The van der Waals surface area contributed by atoms with E-state index in [4.69, 9.17) is 28.6 Å². The average molecular weight is 308 g/mol. The molecule has 1 aromatic heterocycles. The van der Waals surface area contributed by atoms with E-state index in [2.05, 4.69) is 4.98 Å². The fourth-order valence-corrected chi connectivity index (χ4v) is 2.21. The fourth-order valence-electron chi connectivity index (χ4n) is 1.84. The number of ketones is 1. The molecule has 0 saturated heterocycles. The van der Waals surface area contributed by atoms with Crippen LogP contribution in [0.3, 0.4) is 0 Å². The molecule has 0 bridgehead atoms. The third-order valence-corrected chi connectivity index (χ3v) is 3.37. The molecule has 5 heteroatoms. The van der Waals surface area contributed by atoms with Crippen LogP contribution in [0.25, 0.3) is 10.9 Å². The van der Waals surface area contributed by atoms with E-state index in [0.29, 0.717) is 40.3 Å². The number of nitrogens with zero attached hydrogens (tertiary/aromatic N) is 1. The van der Waals surface area contributed by atoms with Gasteiger partial charge in [0.1, 0.15) is 17.9 Å². The molecule has 2 rings (SSSR count). The van der Waals surface area contributed by atoms with E-state index in [1.165, 1.54) is 6.20 Å². The highest BCUT2D eigenvalue weighted by Crippen LogP contribution is 2.31. The third kappa shape index (κ3) is 2.97. The maximum atomic E-state index is 11.8. The molecule has 1 aromatic carbocycles. The second-order valence-corrected chi connectivity index (χ2v) is 5.48. The summed E-state index contributed by atoms with van der Waals surface area (Å²) in [5, 5.41) is 1.14. The summed E-state index contributed by atoms with van der Waals surface area (Å²) < 4.78 is 5.62. The van der Waals surface area contributed by atoms with Crippen LogP contribution >= 0.6 is 23.8 Å². The number of hydrogen-bond donors (Lipinski definition) is 0. The molecule has 0 saturated carbocycles. The lowest BCUT2D eigenvalue weighted by atomic mass is 10.1. The zero-order valence-electron chi connectivity index (χ0n) is 11.3. The van der Waals surface area contributed by atoms with Gasteiger partial charge in [-0.05, 0) is 13.0 Å². The van der Waals surface area contributed by atoms with Crippen LogP contribution in [0, 0.1) is 0 Å². The maximum Gasteiger partial charge on any atom is 0.165 e. The topological polar surface area (TPSA) is 39.2 Å². The number of rotatable bonds is 5. The number of Topliss-reactive ketones (excluding diaryl/α,β-unsaturated/α-hetero) is 1. The van der Waals surface area contributed by atoms with Crippen LogP contribution in [0.4, 0.5) is 0 Å². The summed E-state index contributed by atoms with van der Waals surface area (Å²) in [4.78, 5) is 16.9. The summed E-state index contributed by atoms with van der Waals surface area (Å²) in [6.45, 7) is 3.97. The van der Waals surface area contributed by atoms with Crippen molar-refractivity contribution in [2.75, 3.05) is 6.61 Å². The molecule has 2 aromatic rings. The van der Waals surface area contributed by atoms with Gasteiger partial charge in [-0.2, -0.15) is 0 Å². The molecule has 0 amide bonds. The molecule has 0 atom stereocenters. The fraction of sp³-hybridized carbons (Fsp3) is 0.267. The first kappa shape index (κ1) is 14.9. The van der Waals surface area contributed by atoms with Crippen LogP contribution in [0.5, 0.6) is 5.75 Å². The summed E-state index contributed by atoms with van der Waals surface area (Å²) in [5.41, 5.74) is 1.09. The molecule has 20 heavy (non-hydrogen) atoms. The minimum atomic E-state index is -0.0227. The van der Waals surface area contributed by atoms with Crippen molar-refractivity contribution in [3.05, 3.63) is 35.0 Å². The molecule has 3 nitrogen and oxygen atoms in total. The number of carbonyl (C=O) groups excluding carboxylic acids is 1. The number of ether oxygens (including phenoxy) is 1. The van der Waals surface area contributed by atoms with Crippen molar-refractivity contribution in [3.63, 3.8) is 0 Å². The van der Waals surface area contributed by atoms with Gasteiger partial charge in [0.15, 0.2) is 5.78 Å². The van der Waals surface area contributed by atoms with Crippen LogP contribution in [0.2, 0.25) is 5.02 Å². The number of halogens is 1. The molecule has 104 valence electrons. The lowest BCUT2D eigenvalue weighted by Gasteiger charge is -2.10. The second kappa shape index (κ2) is 6.29. The van der Waals surface area contributed by atoms with Crippen molar-refractivity contribution in [1.82, 2.24) is 4.98 Å². The van der Waals surface area contributed by atoms with Crippen molar-refractivity contribution >= 4 is 45.4 Å². The monoisotopic (exact) mass is 307 g/mol. The predicted octanol–water partition coefficient (Wildman–Crippen LogP) is 4.25. The smallest absolute Gasteiger partial charge is 0.165 e. The lowest BCUT2D eigenvalue weighted by molar-refractivity contribution is 0.0988. The van der Waals surface area contributed by atoms with Crippen molar-refractivity contribution in [2.45, 2.75) is 20.3 Å². The number of carbonyl (C=O) groups is 1. The largest absolute Gasteiger partial charge is 0.486 e. The van der Waals surface area contributed by atoms with Gasteiger partial charge in [-0.25, -0.2) is 0 Å². The molecule has 0 aliphatic heterocycles. The summed E-state index contributed by atoms with van der Waals surface area (Å²) in [6.07, 6.45) is 1.90. The van der Waals surface area contributed by atoms with E-state index in [1.807, 2.05) is 25.1 Å². The van der Waals surface area contributed by atoms with E-state index in [1.54, 1.807) is 6.92 Å². The molecule has 0 aliphatic rings. The summed E-state index contributed by atoms with van der Waals surface area (Å²) >= 11 is 11.3. The number of para-hydroxylation sites is 1. The Bertz CT molecular complexity index is 685. The number of hydrogen-bond acceptors (Lipinski definition) is 4. The Kier molecular flexibility index (Phi) is 4.68. The third-order valence-electron chi connectivity index (χ3n) is 2.85. The van der Waals surface area contributed by atoms with Gasteiger partial charge in [0, 0.05) is 22.9 Å². The molecular formula is C15H14ClNO2S. The summed E-state index contributed by atoms with van der Waals surface area (Å²) in [7, 11) is 0. The van der Waals surface area contributed by atoms with E-state index in [9.17, 15) is 4.79 Å². The minimum absolute atomic E-state index is 0.0227. The molecule has 0 fully saturated rings. The molecule has 0 spiro atoms. The van der Waals surface area contributed by atoms with E-state index >= 15 is 0 Å². The summed E-state index contributed by atoms with van der Waals surface area (Å²) in [6, 6.07) is 5.46. The number of benzene rings is 1. The highest BCUT2D eigenvalue weighted by molar-refractivity contribution is 7.80. The second-order valence-electron chi connectivity index (χ2n) is 4.41. The number of fused-ring (bicyclic) bond motifs is 1. The molecule has 1 heterocycles. The van der Waals surface area contributed by atoms with Crippen molar-refractivity contribution in [2.24, 2.45) is 0 Å². The van der Waals surface area contributed by atoms with Crippen LogP contribution in [0.1, 0.15) is 30.6 Å². The molecule has 0 N–H and O–H groups in total. The minimum Gasteiger partial charge on any atom is -0.486 e. The Labute approximate surface area is 127 Å². The Morgan fingerprint density at radius 3 is 2.85 bits per heavy atom. The van der Waals surface area contributed by atoms with Crippen LogP contribution < -0.4 is 4.74 Å². The first-order chi connectivity index (χ1) is 9.54. The highest BCUT2D eigenvalue weighted by Gasteiger charge is 2.14. The molecule has 0 unspecified atom stereocenters. The Hall–Kier alpha value is -1.52. The van der Waals surface area contributed by atoms with Gasteiger partial charge >= 0.3 is 0 Å². The highest BCUT2D eigenvalue weighted by atomic mass is 35.5. The first-order valence-electron chi connectivity index (χ1n) is 6.27. The van der Waals surface area contributed by atoms with E-state index in [0.717, 1.165) is 4.86 Å². The van der Waals surface area contributed by atoms with Crippen LogP contribution in [-0.2, 0) is 0 Å². The summed E-state index contributed by atoms with van der Waals surface area (Å²) in [5.74, 6) is 0.592. The number of aromatic nitrogens is 1. The Morgan fingerprint density at radius 2 is 2.20 bits per heavy atom. The van der Waals surface area contributed by atoms with Gasteiger partial charge in [-0.3, -0.25) is 9.78 Å². The van der Waals surface area contributed by atoms with E-state index in [-0.39, 0.29) is 5.78 Å². The Morgan fingerprint density at radius 1 is 1.45 bits per heavy atom. The maximum absolute atomic E-state index is 11.8. The van der Waals surface area contributed by atoms with Gasteiger partial charge in [0.2, 0.25) is 0 Å². The number of pyridine rings is 1. The van der Waals surface area contributed by atoms with Crippen LogP contribution in [-0.4, -0.2) is 22.2 Å². The lowest BCUT2D eigenvalue weighted by Crippen LogP contribution is -2.06. The standard InChI is InChI=1S/C15H14ClNO2S/c1-3-12(18)11-7-17-15-10(14(11)16)5-4-6-13(15)19-8-9(2)20/h4-7H,3,8H2,1-2H3.